The van der Waals surface area contributed by atoms with Crippen molar-refractivity contribution < 1.29 is 22.0 Å². The molecule has 1 aromatic rings. The average molecular weight is 267 g/mol. The van der Waals surface area contributed by atoms with Gasteiger partial charge in [-0.05, 0) is 32.0 Å². The van der Waals surface area contributed by atoms with E-state index >= 15 is 0 Å². The summed E-state index contributed by atoms with van der Waals surface area (Å²) in [5.41, 5.74) is 0.263. The second-order valence-corrected chi connectivity index (χ2v) is 4.12. The summed E-state index contributed by atoms with van der Waals surface area (Å²) < 4.78 is 63.0. The Bertz CT molecular complexity index is 414. The zero-order valence-corrected chi connectivity index (χ0v) is 10.0. The van der Waals surface area contributed by atoms with E-state index in [0.717, 1.165) is 0 Å². The Kier molecular flexibility index (Phi) is 4.67. The van der Waals surface area contributed by atoms with E-state index in [2.05, 4.69) is 5.32 Å². The minimum Gasteiger partial charge on any atom is -0.313 e. The van der Waals surface area contributed by atoms with Gasteiger partial charge in [-0.2, -0.15) is 13.2 Å². The summed E-state index contributed by atoms with van der Waals surface area (Å²) in [6, 6.07) is 1.15. The maximum Gasteiger partial charge on any atom is 0.389 e. The molecule has 0 heterocycles. The number of halogens is 5. The lowest BCUT2D eigenvalue weighted by atomic mass is 9.99. The van der Waals surface area contributed by atoms with E-state index in [1.165, 1.54) is 20.0 Å². The van der Waals surface area contributed by atoms with Gasteiger partial charge in [0.2, 0.25) is 0 Å². The van der Waals surface area contributed by atoms with Gasteiger partial charge in [-0.3, -0.25) is 0 Å². The van der Waals surface area contributed by atoms with E-state index in [1.807, 2.05) is 0 Å². The number of rotatable bonds is 4. The van der Waals surface area contributed by atoms with Gasteiger partial charge in [-0.15, -0.1) is 0 Å². The van der Waals surface area contributed by atoms with E-state index < -0.39 is 30.3 Å². The molecule has 1 aromatic carbocycles. The Labute approximate surface area is 102 Å². The van der Waals surface area contributed by atoms with Crippen LogP contribution in [0.2, 0.25) is 0 Å². The summed E-state index contributed by atoms with van der Waals surface area (Å²) >= 11 is 0. The average Bonchev–Trinajstić information content (AvgIpc) is 2.24. The maximum atomic E-state index is 13.5. The van der Waals surface area contributed by atoms with Crippen molar-refractivity contribution in [1.82, 2.24) is 5.32 Å². The molecule has 0 aliphatic carbocycles. The highest BCUT2D eigenvalue weighted by Crippen LogP contribution is 2.29. The molecule has 0 bridgehead atoms. The van der Waals surface area contributed by atoms with Crippen molar-refractivity contribution in [3.8, 4) is 0 Å². The SMILES string of the molecule is CNC(CCC(F)(F)F)c1cc(C)c(F)cc1F. The third kappa shape index (κ3) is 3.94. The fraction of sp³-hybridized carbons (Fsp3) is 0.500. The molecule has 1 rings (SSSR count). The Hall–Kier alpha value is -1.17. The molecule has 1 atom stereocenters. The molecule has 0 fully saturated rings. The topological polar surface area (TPSA) is 12.0 Å². The third-order valence-corrected chi connectivity index (χ3v) is 2.72. The van der Waals surface area contributed by atoms with Crippen LogP contribution in [0.25, 0.3) is 0 Å². The zero-order valence-electron chi connectivity index (χ0n) is 10.0. The van der Waals surface area contributed by atoms with Crippen LogP contribution >= 0.6 is 0 Å². The standard InChI is InChI=1S/C12H14F5N/c1-7-5-8(10(14)6-9(7)13)11(18-2)3-4-12(15,16)17/h5-6,11,18H,3-4H2,1-2H3. The minimum absolute atomic E-state index is 0.0562. The highest BCUT2D eigenvalue weighted by atomic mass is 19.4. The van der Waals surface area contributed by atoms with E-state index in [1.54, 1.807) is 0 Å². The number of hydrogen-bond donors (Lipinski definition) is 1. The first-order chi connectivity index (χ1) is 8.24. The molecule has 0 radical (unpaired) electrons. The second kappa shape index (κ2) is 5.65. The molecule has 1 N–H and O–H groups in total. The molecule has 6 heteroatoms. The van der Waals surface area contributed by atoms with Crippen LogP contribution in [0.5, 0.6) is 0 Å². The van der Waals surface area contributed by atoms with Crippen LogP contribution in [0.3, 0.4) is 0 Å². The van der Waals surface area contributed by atoms with E-state index in [0.29, 0.717) is 6.07 Å². The normalized spacial score (nSPS) is 13.7. The summed E-state index contributed by atoms with van der Waals surface area (Å²) in [4.78, 5) is 0. The predicted molar refractivity (Wildman–Crippen MR) is 58.2 cm³/mol. The van der Waals surface area contributed by atoms with Gasteiger partial charge in [0.1, 0.15) is 11.6 Å². The van der Waals surface area contributed by atoms with Crippen LogP contribution in [0.1, 0.15) is 30.0 Å². The van der Waals surface area contributed by atoms with Crippen LogP contribution in [-0.2, 0) is 0 Å². The van der Waals surface area contributed by atoms with E-state index in [4.69, 9.17) is 0 Å². The van der Waals surface area contributed by atoms with Gasteiger partial charge in [-0.1, -0.05) is 0 Å². The lowest BCUT2D eigenvalue weighted by molar-refractivity contribution is -0.136. The molecule has 0 amide bonds. The Morgan fingerprint density at radius 2 is 1.78 bits per heavy atom. The summed E-state index contributed by atoms with van der Waals surface area (Å²) in [6.45, 7) is 1.44. The van der Waals surface area contributed by atoms with Crippen molar-refractivity contribution in [2.75, 3.05) is 7.05 Å². The number of aryl methyl sites for hydroxylation is 1. The first kappa shape index (κ1) is 14.9. The van der Waals surface area contributed by atoms with Crippen molar-refractivity contribution in [1.29, 1.82) is 0 Å². The first-order valence-corrected chi connectivity index (χ1v) is 5.44. The quantitative estimate of drug-likeness (QED) is 0.816. The molecule has 1 unspecified atom stereocenters. The van der Waals surface area contributed by atoms with Crippen LogP contribution in [0.4, 0.5) is 22.0 Å². The maximum absolute atomic E-state index is 13.5. The van der Waals surface area contributed by atoms with Crippen molar-refractivity contribution in [3.05, 3.63) is 34.9 Å². The van der Waals surface area contributed by atoms with E-state index in [9.17, 15) is 22.0 Å². The van der Waals surface area contributed by atoms with Crippen LogP contribution in [0, 0.1) is 18.6 Å². The highest BCUT2D eigenvalue weighted by molar-refractivity contribution is 5.28. The van der Waals surface area contributed by atoms with Gasteiger partial charge in [0, 0.05) is 24.1 Å². The third-order valence-electron chi connectivity index (χ3n) is 2.72. The van der Waals surface area contributed by atoms with Gasteiger partial charge in [0.25, 0.3) is 0 Å². The molecule has 18 heavy (non-hydrogen) atoms. The Morgan fingerprint density at radius 1 is 1.17 bits per heavy atom. The monoisotopic (exact) mass is 267 g/mol. The molecule has 102 valence electrons. The number of alkyl halides is 3. The second-order valence-electron chi connectivity index (χ2n) is 4.12. The molecule has 0 saturated carbocycles. The zero-order chi connectivity index (χ0) is 13.9. The molecule has 0 saturated heterocycles. The molecule has 0 aromatic heterocycles. The van der Waals surface area contributed by atoms with Gasteiger partial charge in [0.15, 0.2) is 0 Å². The largest absolute Gasteiger partial charge is 0.389 e. The van der Waals surface area contributed by atoms with Crippen LogP contribution < -0.4 is 5.32 Å². The van der Waals surface area contributed by atoms with Crippen LogP contribution in [0.15, 0.2) is 12.1 Å². The van der Waals surface area contributed by atoms with Gasteiger partial charge < -0.3 is 5.32 Å². The van der Waals surface area contributed by atoms with Gasteiger partial charge in [-0.25, -0.2) is 8.78 Å². The summed E-state index contributed by atoms with van der Waals surface area (Å²) in [5, 5.41) is 2.62. The Balaban J connectivity index is 2.92. The van der Waals surface area contributed by atoms with E-state index in [-0.39, 0.29) is 17.5 Å². The fourth-order valence-electron chi connectivity index (χ4n) is 1.71. The van der Waals surface area contributed by atoms with Crippen LogP contribution in [-0.4, -0.2) is 13.2 Å². The van der Waals surface area contributed by atoms with Crippen molar-refractivity contribution >= 4 is 0 Å². The molecular weight excluding hydrogens is 253 g/mol. The smallest absolute Gasteiger partial charge is 0.313 e. The molecule has 0 aliphatic rings. The predicted octanol–water partition coefficient (Wildman–Crippen LogP) is 3.88. The number of nitrogens with one attached hydrogen (secondary N) is 1. The Morgan fingerprint density at radius 3 is 2.28 bits per heavy atom. The molecular formula is C12H14F5N. The first-order valence-electron chi connectivity index (χ1n) is 5.44. The minimum atomic E-state index is -4.29. The molecule has 1 nitrogen and oxygen atoms in total. The summed E-state index contributed by atoms with van der Waals surface area (Å²) in [7, 11) is 1.44. The number of hydrogen-bond acceptors (Lipinski definition) is 1. The number of benzene rings is 1. The van der Waals surface area contributed by atoms with Crippen molar-refractivity contribution in [3.63, 3.8) is 0 Å². The lowest BCUT2D eigenvalue weighted by Gasteiger charge is -2.19. The molecule has 0 spiro atoms. The van der Waals surface area contributed by atoms with Crippen molar-refractivity contribution in [2.45, 2.75) is 32.0 Å². The fourth-order valence-corrected chi connectivity index (χ4v) is 1.71. The van der Waals surface area contributed by atoms with Gasteiger partial charge in [0.05, 0.1) is 0 Å². The van der Waals surface area contributed by atoms with Crippen molar-refractivity contribution in [2.24, 2.45) is 0 Å². The lowest BCUT2D eigenvalue weighted by Crippen LogP contribution is -2.21. The summed E-state index contributed by atoms with van der Waals surface area (Å²) in [5.74, 6) is -1.54. The highest BCUT2D eigenvalue weighted by Gasteiger charge is 2.29. The van der Waals surface area contributed by atoms with Gasteiger partial charge >= 0.3 is 6.18 Å². The molecule has 0 aliphatic heterocycles. The summed E-state index contributed by atoms with van der Waals surface area (Å²) in [6.07, 6.45) is -5.60.